The summed E-state index contributed by atoms with van der Waals surface area (Å²) in [6.07, 6.45) is 8.50. The summed E-state index contributed by atoms with van der Waals surface area (Å²) in [6, 6.07) is 1.02. The predicted octanol–water partition coefficient (Wildman–Crippen LogP) is 1.17. The summed E-state index contributed by atoms with van der Waals surface area (Å²) in [5, 5.41) is 3.61. The largest absolute Gasteiger partial charge is 0.369 e. The lowest BCUT2D eigenvalue weighted by Crippen LogP contribution is -2.43. The fourth-order valence-corrected chi connectivity index (χ4v) is 2.90. The molecule has 0 aliphatic heterocycles. The standard InChI is InChI=1S/C11H20N2O/c12-11(14)9-6-3-7-10(9)13-8-4-1-2-5-8/h8-10,13H,1-7H2,(H2,12,14)/t9-,10-/m0/s1. The predicted molar refractivity (Wildman–Crippen MR) is 55.7 cm³/mol. The number of hydrogen-bond donors (Lipinski definition) is 2. The Bertz CT molecular complexity index is 211. The number of hydrogen-bond acceptors (Lipinski definition) is 2. The van der Waals surface area contributed by atoms with Gasteiger partial charge in [0.05, 0.1) is 5.92 Å². The molecule has 3 N–H and O–H groups in total. The lowest BCUT2D eigenvalue weighted by molar-refractivity contribution is -0.122. The molecule has 2 aliphatic rings. The van der Waals surface area contributed by atoms with Crippen LogP contribution in [0.2, 0.25) is 0 Å². The van der Waals surface area contributed by atoms with Gasteiger partial charge in [-0.1, -0.05) is 19.3 Å². The minimum absolute atomic E-state index is 0.0931. The van der Waals surface area contributed by atoms with E-state index >= 15 is 0 Å². The summed E-state index contributed by atoms with van der Waals surface area (Å²) in [5.41, 5.74) is 5.38. The lowest BCUT2D eigenvalue weighted by atomic mass is 10.0. The average Bonchev–Trinajstić information content (AvgIpc) is 2.75. The molecule has 0 aromatic carbocycles. The first-order valence-electron chi connectivity index (χ1n) is 5.83. The SMILES string of the molecule is NC(=O)[C@H]1CCC[C@@H]1NC1CCCC1. The van der Waals surface area contributed by atoms with Gasteiger partial charge in [0.25, 0.3) is 0 Å². The molecule has 0 spiro atoms. The third-order valence-electron chi connectivity index (χ3n) is 3.69. The summed E-state index contributed by atoms with van der Waals surface area (Å²) in [7, 11) is 0. The van der Waals surface area contributed by atoms with Gasteiger partial charge in [-0.3, -0.25) is 4.79 Å². The van der Waals surface area contributed by atoms with Crippen LogP contribution in [0.4, 0.5) is 0 Å². The average molecular weight is 196 g/mol. The first-order chi connectivity index (χ1) is 6.77. The van der Waals surface area contributed by atoms with Crippen LogP contribution in [-0.4, -0.2) is 18.0 Å². The Morgan fingerprint density at radius 2 is 1.79 bits per heavy atom. The Morgan fingerprint density at radius 3 is 2.43 bits per heavy atom. The second kappa shape index (κ2) is 4.30. The van der Waals surface area contributed by atoms with Crippen LogP contribution in [0.5, 0.6) is 0 Å². The van der Waals surface area contributed by atoms with Crippen molar-refractivity contribution in [3.05, 3.63) is 0 Å². The van der Waals surface area contributed by atoms with E-state index in [2.05, 4.69) is 5.32 Å². The van der Waals surface area contributed by atoms with Gasteiger partial charge in [0, 0.05) is 12.1 Å². The van der Waals surface area contributed by atoms with Crippen LogP contribution in [-0.2, 0) is 4.79 Å². The monoisotopic (exact) mass is 196 g/mol. The normalized spacial score (nSPS) is 33.7. The number of primary amides is 1. The third kappa shape index (κ3) is 2.08. The van der Waals surface area contributed by atoms with Crippen molar-refractivity contribution in [3.63, 3.8) is 0 Å². The van der Waals surface area contributed by atoms with Gasteiger partial charge < -0.3 is 11.1 Å². The van der Waals surface area contributed by atoms with E-state index in [0.717, 1.165) is 19.3 Å². The summed E-state index contributed by atoms with van der Waals surface area (Å²) >= 11 is 0. The Hall–Kier alpha value is -0.570. The van der Waals surface area contributed by atoms with E-state index in [9.17, 15) is 4.79 Å². The van der Waals surface area contributed by atoms with Gasteiger partial charge in [0.2, 0.25) is 5.91 Å². The molecule has 0 aromatic heterocycles. The number of carbonyl (C=O) groups excluding carboxylic acids is 1. The molecule has 2 rings (SSSR count). The van der Waals surface area contributed by atoms with Gasteiger partial charge in [-0.25, -0.2) is 0 Å². The molecular formula is C11H20N2O. The van der Waals surface area contributed by atoms with Gasteiger partial charge in [-0.05, 0) is 25.7 Å². The highest BCUT2D eigenvalue weighted by Gasteiger charge is 2.33. The number of rotatable bonds is 3. The van der Waals surface area contributed by atoms with Crippen LogP contribution < -0.4 is 11.1 Å². The molecular weight excluding hydrogens is 176 g/mol. The third-order valence-corrected chi connectivity index (χ3v) is 3.69. The van der Waals surface area contributed by atoms with Crippen LogP contribution in [0.25, 0.3) is 0 Å². The molecule has 0 radical (unpaired) electrons. The second-order valence-corrected chi connectivity index (χ2v) is 4.69. The molecule has 1 amide bonds. The van der Waals surface area contributed by atoms with E-state index < -0.39 is 0 Å². The van der Waals surface area contributed by atoms with E-state index in [1.807, 2.05) is 0 Å². The smallest absolute Gasteiger partial charge is 0.222 e. The van der Waals surface area contributed by atoms with Crippen LogP contribution >= 0.6 is 0 Å². The molecule has 14 heavy (non-hydrogen) atoms. The minimum Gasteiger partial charge on any atom is -0.369 e. The number of carbonyl (C=O) groups is 1. The zero-order valence-corrected chi connectivity index (χ0v) is 8.67. The topological polar surface area (TPSA) is 55.1 Å². The second-order valence-electron chi connectivity index (χ2n) is 4.69. The van der Waals surface area contributed by atoms with E-state index in [0.29, 0.717) is 12.1 Å². The Balaban J connectivity index is 1.86. The first kappa shape index (κ1) is 9.97. The van der Waals surface area contributed by atoms with Crippen molar-refractivity contribution in [2.24, 2.45) is 11.7 Å². The Labute approximate surface area is 85.4 Å². The van der Waals surface area contributed by atoms with Gasteiger partial charge in [0.15, 0.2) is 0 Å². The van der Waals surface area contributed by atoms with Crippen molar-refractivity contribution in [2.45, 2.75) is 57.0 Å². The summed E-state index contributed by atoms with van der Waals surface area (Å²) < 4.78 is 0. The quantitative estimate of drug-likeness (QED) is 0.712. The van der Waals surface area contributed by atoms with Crippen LogP contribution in [0, 0.1) is 5.92 Å². The van der Waals surface area contributed by atoms with Gasteiger partial charge in [-0.2, -0.15) is 0 Å². The van der Waals surface area contributed by atoms with E-state index in [-0.39, 0.29) is 11.8 Å². The van der Waals surface area contributed by atoms with Crippen molar-refractivity contribution < 1.29 is 4.79 Å². The molecule has 3 heteroatoms. The highest BCUT2D eigenvalue weighted by molar-refractivity contribution is 5.77. The van der Waals surface area contributed by atoms with Crippen molar-refractivity contribution in [1.82, 2.24) is 5.32 Å². The van der Waals surface area contributed by atoms with Gasteiger partial charge >= 0.3 is 0 Å². The van der Waals surface area contributed by atoms with E-state index in [4.69, 9.17) is 5.73 Å². The highest BCUT2D eigenvalue weighted by atomic mass is 16.1. The van der Waals surface area contributed by atoms with E-state index in [1.165, 1.54) is 25.7 Å². The Morgan fingerprint density at radius 1 is 1.07 bits per heavy atom. The zero-order valence-electron chi connectivity index (χ0n) is 8.67. The van der Waals surface area contributed by atoms with Crippen molar-refractivity contribution in [1.29, 1.82) is 0 Å². The fraction of sp³-hybridized carbons (Fsp3) is 0.909. The van der Waals surface area contributed by atoms with Crippen LogP contribution in [0.3, 0.4) is 0 Å². The molecule has 2 atom stereocenters. The molecule has 0 unspecified atom stereocenters. The lowest BCUT2D eigenvalue weighted by Gasteiger charge is -2.22. The molecule has 0 bridgehead atoms. The van der Waals surface area contributed by atoms with Crippen molar-refractivity contribution >= 4 is 5.91 Å². The fourth-order valence-electron chi connectivity index (χ4n) is 2.90. The molecule has 3 nitrogen and oxygen atoms in total. The number of amides is 1. The molecule has 0 aromatic rings. The molecule has 2 saturated carbocycles. The Kier molecular flexibility index (Phi) is 3.06. The molecule has 2 aliphatic carbocycles. The molecule has 2 fully saturated rings. The van der Waals surface area contributed by atoms with Crippen LogP contribution in [0.15, 0.2) is 0 Å². The minimum atomic E-state index is -0.113. The first-order valence-corrected chi connectivity index (χ1v) is 5.83. The maximum absolute atomic E-state index is 11.2. The molecule has 0 saturated heterocycles. The van der Waals surface area contributed by atoms with Crippen molar-refractivity contribution in [2.75, 3.05) is 0 Å². The van der Waals surface area contributed by atoms with Gasteiger partial charge in [0.1, 0.15) is 0 Å². The number of nitrogens with one attached hydrogen (secondary N) is 1. The van der Waals surface area contributed by atoms with Gasteiger partial charge in [-0.15, -0.1) is 0 Å². The van der Waals surface area contributed by atoms with Crippen LogP contribution in [0.1, 0.15) is 44.9 Å². The highest BCUT2D eigenvalue weighted by Crippen LogP contribution is 2.28. The maximum atomic E-state index is 11.2. The summed E-state index contributed by atoms with van der Waals surface area (Å²) in [6.45, 7) is 0. The number of nitrogens with two attached hydrogens (primary N) is 1. The van der Waals surface area contributed by atoms with E-state index in [1.54, 1.807) is 0 Å². The maximum Gasteiger partial charge on any atom is 0.222 e. The zero-order chi connectivity index (χ0) is 9.97. The summed E-state index contributed by atoms with van der Waals surface area (Å²) in [4.78, 5) is 11.2. The molecule has 0 heterocycles. The van der Waals surface area contributed by atoms with Crippen molar-refractivity contribution in [3.8, 4) is 0 Å². The summed E-state index contributed by atoms with van der Waals surface area (Å²) in [5.74, 6) is -0.0198. The molecule has 80 valence electrons.